The number of benzene rings is 2. The van der Waals surface area contributed by atoms with Crippen LogP contribution in [0.3, 0.4) is 0 Å². The largest absolute Gasteiger partial charge is 0.352 e. The molecule has 0 aromatic heterocycles. The number of carbonyl (C=O) groups excluding carboxylic acids is 2. The van der Waals surface area contributed by atoms with E-state index in [1.165, 1.54) is 6.07 Å². The number of piperidine rings is 1. The summed E-state index contributed by atoms with van der Waals surface area (Å²) in [5.74, 6) is -0.486. The van der Waals surface area contributed by atoms with Gasteiger partial charge in [0.1, 0.15) is 5.82 Å². The van der Waals surface area contributed by atoms with Crippen molar-refractivity contribution in [2.75, 3.05) is 13.1 Å². The number of nitrogens with zero attached hydrogens (tertiary/aromatic N) is 1. The highest BCUT2D eigenvalue weighted by Crippen LogP contribution is 2.20. The van der Waals surface area contributed by atoms with Crippen molar-refractivity contribution in [3.05, 3.63) is 70.0 Å². The molecule has 1 fully saturated rings. The highest BCUT2D eigenvalue weighted by Gasteiger charge is 2.27. The minimum absolute atomic E-state index is 0.0411. The fourth-order valence-corrected chi connectivity index (χ4v) is 3.33. The first-order chi connectivity index (χ1) is 12.9. The molecule has 1 heterocycles. The Balaban J connectivity index is 1.49. The molecule has 0 aliphatic carbocycles. The normalized spacial score (nSPS) is 14.9. The number of likely N-dealkylation sites (tertiary alicyclic amines) is 1. The van der Waals surface area contributed by atoms with Crippen molar-refractivity contribution in [1.82, 2.24) is 10.2 Å². The summed E-state index contributed by atoms with van der Waals surface area (Å²) in [4.78, 5) is 26.7. The molecule has 1 N–H and O–H groups in total. The van der Waals surface area contributed by atoms with Crippen LogP contribution in [0.15, 0.2) is 42.5 Å². The Morgan fingerprint density at radius 2 is 1.81 bits per heavy atom. The summed E-state index contributed by atoms with van der Waals surface area (Å²) in [6.45, 7) is 3.09. The lowest BCUT2D eigenvalue weighted by atomic mass is 9.95. The van der Waals surface area contributed by atoms with Crippen LogP contribution in [0.5, 0.6) is 0 Å². The lowest BCUT2D eigenvalue weighted by Crippen LogP contribution is -2.42. The van der Waals surface area contributed by atoms with Crippen molar-refractivity contribution < 1.29 is 14.0 Å². The molecule has 2 aromatic carbocycles. The Bertz CT molecular complexity index is 831. The molecule has 0 radical (unpaired) electrons. The van der Waals surface area contributed by atoms with E-state index in [0.29, 0.717) is 48.6 Å². The number of aryl methyl sites for hydroxylation is 1. The van der Waals surface area contributed by atoms with E-state index in [-0.39, 0.29) is 23.5 Å². The number of amides is 2. The van der Waals surface area contributed by atoms with Gasteiger partial charge < -0.3 is 10.2 Å². The molecular formula is C21H22ClFN2O2. The number of rotatable bonds is 4. The molecule has 1 saturated heterocycles. The van der Waals surface area contributed by atoms with Crippen LogP contribution in [0.25, 0.3) is 0 Å². The molecule has 1 aliphatic heterocycles. The van der Waals surface area contributed by atoms with Gasteiger partial charge in [0.2, 0.25) is 5.91 Å². The Morgan fingerprint density at radius 3 is 2.44 bits per heavy atom. The fraction of sp³-hybridized carbons (Fsp3) is 0.333. The Labute approximate surface area is 163 Å². The van der Waals surface area contributed by atoms with Gasteiger partial charge in [-0.05, 0) is 61.2 Å². The molecule has 2 amide bonds. The molecular weight excluding hydrogens is 367 g/mol. The van der Waals surface area contributed by atoms with Crippen LogP contribution >= 0.6 is 11.6 Å². The Morgan fingerprint density at radius 1 is 1.15 bits per heavy atom. The zero-order valence-electron chi connectivity index (χ0n) is 15.2. The molecule has 3 rings (SSSR count). The predicted molar refractivity (Wildman–Crippen MR) is 103 cm³/mol. The topological polar surface area (TPSA) is 49.4 Å². The van der Waals surface area contributed by atoms with Gasteiger partial charge in [0.25, 0.3) is 5.91 Å². The third-order valence-electron chi connectivity index (χ3n) is 4.95. The van der Waals surface area contributed by atoms with Crippen molar-refractivity contribution in [3.63, 3.8) is 0 Å². The maximum Gasteiger partial charge on any atom is 0.253 e. The molecule has 0 spiro atoms. The average molecular weight is 389 g/mol. The monoisotopic (exact) mass is 388 g/mol. The smallest absolute Gasteiger partial charge is 0.253 e. The number of halogens is 2. The van der Waals surface area contributed by atoms with Crippen molar-refractivity contribution >= 4 is 23.4 Å². The summed E-state index contributed by atoms with van der Waals surface area (Å²) < 4.78 is 13.6. The van der Waals surface area contributed by atoms with Crippen molar-refractivity contribution in [1.29, 1.82) is 0 Å². The van der Waals surface area contributed by atoms with Crippen LogP contribution in [0.1, 0.15) is 34.3 Å². The average Bonchev–Trinajstić information content (AvgIpc) is 2.69. The van der Waals surface area contributed by atoms with E-state index in [9.17, 15) is 14.0 Å². The number of carbonyl (C=O) groups is 2. The molecule has 0 saturated carbocycles. The number of hydrogen-bond donors (Lipinski definition) is 1. The van der Waals surface area contributed by atoms with Crippen LogP contribution < -0.4 is 5.32 Å². The lowest BCUT2D eigenvalue weighted by molar-refractivity contribution is -0.126. The third-order valence-corrected chi connectivity index (χ3v) is 5.20. The van der Waals surface area contributed by atoms with Gasteiger partial charge in [-0.1, -0.05) is 23.7 Å². The summed E-state index contributed by atoms with van der Waals surface area (Å²) in [6.07, 6.45) is 1.24. The SMILES string of the molecule is Cc1ccc(CNC(=O)C2CCN(C(=O)c3ccc(Cl)cc3)CC2)cc1F. The van der Waals surface area contributed by atoms with E-state index in [1.54, 1.807) is 42.2 Å². The molecule has 142 valence electrons. The third kappa shape index (κ3) is 4.86. The summed E-state index contributed by atoms with van der Waals surface area (Å²) in [5.41, 5.74) is 1.92. The highest BCUT2D eigenvalue weighted by molar-refractivity contribution is 6.30. The molecule has 0 unspecified atom stereocenters. The van der Waals surface area contributed by atoms with E-state index >= 15 is 0 Å². The standard InChI is InChI=1S/C21H22ClFN2O2/c1-14-2-3-15(12-19(14)23)13-24-20(26)16-8-10-25(11-9-16)21(27)17-4-6-18(22)7-5-17/h2-7,12,16H,8-11,13H2,1H3,(H,24,26). The van der Waals surface area contributed by atoms with Gasteiger partial charge >= 0.3 is 0 Å². The quantitative estimate of drug-likeness (QED) is 0.861. The van der Waals surface area contributed by atoms with Gasteiger partial charge in [-0.15, -0.1) is 0 Å². The Kier molecular flexibility index (Phi) is 6.11. The van der Waals surface area contributed by atoms with Gasteiger partial charge in [0.15, 0.2) is 0 Å². The number of nitrogens with one attached hydrogen (secondary N) is 1. The zero-order chi connectivity index (χ0) is 19.4. The van der Waals surface area contributed by atoms with E-state index in [0.717, 1.165) is 5.56 Å². The second-order valence-corrected chi connectivity index (χ2v) is 7.31. The summed E-state index contributed by atoms with van der Waals surface area (Å²) >= 11 is 5.86. The van der Waals surface area contributed by atoms with Gasteiger partial charge in [0, 0.05) is 36.1 Å². The molecule has 0 atom stereocenters. The summed E-state index contributed by atoms with van der Waals surface area (Å²) in [7, 11) is 0. The lowest BCUT2D eigenvalue weighted by Gasteiger charge is -2.31. The van der Waals surface area contributed by atoms with Crippen LogP contribution in [0, 0.1) is 18.7 Å². The fourth-order valence-electron chi connectivity index (χ4n) is 3.20. The second kappa shape index (κ2) is 8.53. The first kappa shape index (κ1) is 19.4. The van der Waals surface area contributed by atoms with Gasteiger partial charge in [-0.25, -0.2) is 4.39 Å². The Hall–Kier alpha value is -2.40. The number of hydrogen-bond acceptors (Lipinski definition) is 2. The van der Waals surface area contributed by atoms with E-state index < -0.39 is 0 Å². The molecule has 1 aliphatic rings. The first-order valence-corrected chi connectivity index (χ1v) is 9.39. The van der Waals surface area contributed by atoms with Gasteiger partial charge in [-0.2, -0.15) is 0 Å². The summed E-state index contributed by atoms with van der Waals surface area (Å²) in [6, 6.07) is 11.8. The van der Waals surface area contributed by atoms with E-state index in [2.05, 4.69) is 5.32 Å². The van der Waals surface area contributed by atoms with Crippen molar-refractivity contribution in [2.24, 2.45) is 5.92 Å². The molecule has 4 nitrogen and oxygen atoms in total. The summed E-state index contributed by atoms with van der Waals surface area (Å²) in [5, 5.41) is 3.47. The van der Waals surface area contributed by atoms with Gasteiger partial charge in [-0.3, -0.25) is 9.59 Å². The highest BCUT2D eigenvalue weighted by atomic mass is 35.5. The van der Waals surface area contributed by atoms with Crippen LogP contribution in [0.2, 0.25) is 5.02 Å². The zero-order valence-corrected chi connectivity index (χ0v) is 15.9. The maximum absolute atomic E-state index is 13.6. The van der Waals surface area contributed by atoms with Gasteiger partial charge in [0.05, 0.1) is 0 Å². The van der Waals surface area contributed by atoms with E-state index in [4.69, 9.17) is 11.6 Å². The van der Waals surface area contributed by atoms with Crippen molar-refractivity contribution in [2.45, 2.75) is 26.3 Å². The van der Waals surface area contributed by atoms with Crippen LogP contribution in [0.4, 0.5) is 4.39 Å². The predicted octanol–water partition coefficient (Wildman–Crippen LogP) is 3.96. The van der Waals surface area contributed by atoms with Crippen molar-refractivity contribution in [3.8, 4) is 0 Å². The molecule has 27 heavy (non-hydrogen) atoms. The molecule has 6 heteroatoms. The second-order valence-electron chi connectivity index (χ2n) is 6.87. The molecule has 0 bridgehead atoms. The molecule has 2 aromatic rings. The first-order valence-electron chi connectivity index (χ1n) is 9.01. The minimum atomic E-state index is -0.268. The van der Waals surface area contributed by atoms with Crippen LogP contribution in [-0.4, -0.2) is 29.8 Å². The minimum Gasteiger partial charge on any atom is -0.352 e. The maximum atomic E-state index is 13.6. The van der Waals surface area contributed by atoms with Crippen LogP contribution in [-0.2, 0) is 11.3 Å². The van der Waals surface area contributed by atoms with E-state index in [1.807, 2.05) is 6.07 Å².